The van der Waals surface area contributed by atoms with E-state index < -0.39 is 0 Å². The van der Waals surface area contributed by atoms with Crippen molar-refractivity contribution in [2.75, 3.05) is 0 Å². The second kappa shape index (κ2) is 8.48. The van der Waals surface area contributed by atoms with E-state index in [1.54, 1.807) is 0 Å². The Labute approximate surface area is 150 Å². The van der Waals surface area contributed by atoms with Gasteiger partial charge in [0.1, 0.15) is 0 Å². The first kappa shape index (κ1) is 17.2. The molecule has 3 rings (SSSR count). The summed E-state index contributed by atoms with van der Waals surface area (Å²) in [6.07, 6.45) is 0.675. The summed E-state index contributed by atoms with van der Waals surface area (Å²) in [7, 11) is 0. The molecule has 0 bridgehead atoms. The predicted octanol–water partition coefficient (Wildman–Crippen LogP) is 3.92. The van der Waals surface area contributed by atoms with Crippen molar-refractivity contribution in [2.45, 2.75) is 30.4 Å². The van der Waals surface area contributed by atoms with Crippen LogP contribution in [-0.2, 0) is 11.3 Å². The fourth-order valence-electron chi connectivity index (χ4n) is 2.30. The zero-order chi connectivity index (χ0) is 17.5. The van der Waals surface area contributed by atoms with E-state index in [1.807, 2.05) is 67.6 Å². The first-order valence-electron chi connectivity index (χ1n) is 8.13. The van der Waals surface area contributed by atoms with Crippen molar-refractivity contribution >= 4 is 17.7 Å². The van der Waals surface area contributed by atoms with Gasteiger partial charge in [-0.1, -0.05) is 67.2 Å². The molecule has 0 spiro atoms. The summed E-state index contributed by atoms with van der Waals surface area (Å²) >= 11 is 1.30. The van der Waals surface area contributed by atoms with Gasteiger partial charge < -0.3 is 9.73 Å². The summed E-state index contributed by atoms with van der Waals surface area (Å²) in [6.45, 7) is 2.48. The molecule has 0 aliphatic heterocycles. The normalized spacial score (nSPS) is 11.9. The molecule has 1 N–H and O–H groups in total. The Bertz CT molecular complexity index is 806. The molecule has 0 unspecified atom stereocenters. The van der Waals surface area contributed by atoms with E-state index in [1.165, 1.54) is 11.8 Å². The van der Waals surface area contributed by atoms with Crippen LogP contribution < -0.4 is 5.32 Å². The highest BCUT2D eigenvalue weighted by Crippen LogP contribution is 2.27. The lowest BCUT2D eigenvalue weighted by Gasteiger charge is -2.12. The number of hydrogen-bond acceptors (Lipinski definition) is 5. The first-order valence-corrected chi connectivity index (χ1v) is 9.01. The van der Waals surface area contributed by atoms with E-state index in [9.17, 15) is 4.79 Å². The summed E-state index contributed by atoms with van der Waals surface area (Å²) in [5, 5.41) is 11.2. The topological polar surface area (TPSA) is 68.0 Å². The van der Waals surface area contributed by atoms with Gasteiger partial charge >= 0.3 is 0 Å². The molecular formula is C19H19N3O2S. The molecule has 6 heteroatoms. The molecule has 1 heterocycles. The van der Waals surface area contributed by atoms with Gasteiger partial charge in [0.2, 0.25) is 11.8 Å². The number of thioether (sulfide) groups is 1. The summed E-state index contributed by atoms with van der Waals surface area (Å²) in [4.78, 5) is 12.4. The van der Waals surface area contributed by atoms with Crippen LogP contribution in [0.1, 0.15) is 18.9 Å². The van der Waals surface area contributed by atoms with Gasteiger partial charge in [0.15, 0.2) is 0 Å². The molecule has 2 aromatic carbocycles. The quantitative estimate of drug-likeness (QED) is 0.652. The minimum Gasteiger partial charge on any atom is -0.411 e. The van der Waals surface area contributed by atoms with E-state index in [4.69, 9.17) is 4.42 Å². The van der Waals surface area contributed by atoms with Crippen molar-refractivity contribution in [1.29, 1.82) is 0 Å². The highest BCUT2D eigenvalue weighted by atomic mass is 32.2. The van der Waals surface area contributed by atoms with Gasteiger partial charge in [-0.2, -0.15) is 0 Å². The van der Waals surface area contributed by atoms with E-state index in [2.05, 4.69) is 15.5 Å². The van der Waals surface area contributed by atoms with Crippen LogP contribution in [0.5, 0.6) is 0 Å². The van der Waals surface area contributed by atoms with Crippen molar-refractivity contribution in [3.05, 3.63) is 66.2 Å². The molecule has 0 aliphatic rings. The Morgan fingerprint density at radius 1 is 1.08 bits per heavy atom. The van der Waals surface area contributed by atoms with Crippen molar-refractivity contribution in [3.8, 4) is 11.5 Å². The molecule has 0 saturated carbocycles. The molecule has 1 aromatic heterocycles. The first-order chi connectivity index (χ1) is 12.3. The van der Waals surface area contributed by atoms with E-state index >= 15 is 0 Å². The van der Waals surface area contributed by atoms with E-state index in [-0.39, 0.29) is 11.2 Å². The molecule has 0 fully saturated rings. The zero-order valence-electron chi connectivity index (χ0n) is 13.9. The standard InChI is InChI=1S/C19H19N3O2S/c1-2-16(17(23)20-13-14-9-5-3-6-10-14)25-19-22-21-18(24-19)15-11-7-4-8-12-15/h3-12,16H,2,13H2,1H3,(H,20,23)/t16-/m1/s1. The monoisotopic (exact) mass is 353 g/mol. The number of carbonyl (C=O) groups excluding carboxylic acids is 1. The molecule has 1 amide bonds. The average Bonchev–Trinajstić information content (AvgIpc) is 3.14. The summed E-state index contributed by atoms with van der Waals surface area (Å²) < 4.78 is 5.68. The largest absolute Gasteiger partial charge is 0.411 e. The lowest BCUT2D eigenvalue weighted by Crippen LogP contribution is -2.31. The maximum absolute atomic E-state index is 12.4. The average molecular weight is 353 g/mol. The van der Waals surface area contributed by atoms with Gasteiger partial charge in [-0.25, -0.2) is 0 Å². The van der Waals surface area contributed by atoms with Crippen LogP contribution in [0.15, 0.2) is 70.3 Å². The number of carbonyl (C=O) groups is 1. The van der Waals surface area contributed by atoms with Crippen molar-refractivity contribution < 1.29 is 9.21 Å². The Balaban J connectivity index is 1.60. The van der Waals surface area contributed by atoms with Gasteiger partial charge in [-0.3, -0.25) is 4.79 Å². The van der Waals surface area contributed by atoms with Gasteiger partial charge in [-0.15, -0.1) is 10.2 Å². The smallest absolute Gasteiger partial charge is 0.277 e. The minimum absolute atomic E-state index is 0.0317. The Kier molecular flexibility index (Phi) is 5.85. The maximum atomic E-state index is 12.4. The molecule has 3 aromatic rings. The summed E-state index contributed by atoms with van der Waals surface area (Å²) in [6, 6.07) is 19.4. The number of nitrogens with one attached hydrogen (secondary N) is 1. The third-order valence-electron chi connectivity index (χ3n) is 3.64. The van der Waals surface area contributed by atoms with Crippen LogP contribution in [0.2, 0.25) is 0 Å². The van der Waals surface area contributed by atoms with Crippen molar-refractivity contribution in [1.82, 2.24) is 15.5 Å². The number of benzene rings is 2. The number of hydrogen-bond donors (Lipinski definition) is 1. The fraction of sp³-hybridized carbons (Fsp3) is 0.211. The lowest BCUT2D eigenvalue weighted by atomic mass is 10.2. The summed E-state index contributed by atoms with van der Waals surface area (Å²) in [5.74, 6) is 0.429. The Morgan fingerprint density at radius 2 is 1.76 bits per heavy atom. The highest BCUT2D eigenvalue weighted by Gasteiger charge is 2.21. The van der Waals surface area contributed by atoms with Crippen LogP contribution in [0.4, 0.5) is 0 Å². The number of nitrogens with zero attached hydrogens (tertiary/aromatic N) is 2. The van der Waals surface area contributed by atoms with Crippen LogP contribution in [0, 0.1) is 0 Å². The molecule has 128 valence electrons. The predicted molar refractivity (Wildman–Crippen MR) is 98.0 cm³/mol. The number of rotatable bonds is 7. The second-order valence-electron chi connectivity index (χ2n) is 5.46. The Hall–Kier alpha value is -2.60. The SMILES string of the molecule is CC[C@@H](Sc1nnc(-c2ccccc2)o1)C(=O)NCc1ccccc1. The maximum Gasteiger partial charge on any atom is 0.277 e. The summed E-state index contributed by atoms with van der Waals surface area (Å²) in [5.41, 5.74) is 1.93. The van der Waals surface area contributed by atoms with Crippen molar-refractivity contribution in [3.63, 3.8) is 0 Å². The fourth-order valence-corrected chi connectivity index (χ4v) is 3.11. The highest BCUT2D eigenvalue weighted by molar-refractivity contribution is 8.00. The van der Waals surface area contributed by atoms with Crippen LogP contribution in [0.3, 0.4) is 0 Å². The Morgan fingerprint density at radius 3 is 2.44 bits per heavy atom. The minimum atomic E-state index is -0.271. The molecule has 0 aliphatic carbocycles. The van der Waals surface area contributed by atoms with Crippen LogP contribution in [0.25, 0.3) is 11.5 Å². The molecule has 5 nitrogen and oxygen atoms in total. The van der Waals surface area contributed by atoms with Crippen molar-refractivity contribution in [2.24, 2.45) is 0 Å². The second-order valence-corrected chi connectivity index (χ2v) is 6.61. The molecule has 0 saturated heterocycles. The van der Waals surface area contributed by atoms with Gasteiger partial charge in [0.25, 0.3) is 5.22 Å². The van der Waals surface area contributed by atoms with Gasteiger partial charge in [0.05, 0.1) is 5.25 Å². The van der Waals surface area contributed by atoms with Crippen LogP contribution >= 0.6 is 11.8 Å². The van der Waals surface area contributed by atoms with Gasteiger partial charge in [0, 0.05) is 12.1 Å². The molecule has 25 heavy (non-hydrogen) atoms. The number of amides is 1. The third-order valence-corrected chi connectivity index (χ3v) is 4.84. The molecular weight excluding hydrogens is 334 g/mol. The number of aromatic nitrogens is 2. The molecule has 0 radical (unpaired) electrons. The zero-order valence-corrected chi connectivity index (χ0v) is 14.7. The van der Waals surface area contributed by atoms with E-state index in [0.29, 0.717) is 24.1 Å². The third kappa shape index (κ3) is 4.70. The van der Waals surface area contributed by atoms with Crippen LogP contribution in [-0.4, -0.2) is 21.4 Å². The van der Waals surface area contributed by atoms with E-state index in [0.717, 1.165) is 11.1 Å². The van der Waals surface area contributed by atoms with Gasteiger partial charge in [-0.05, 0) is 24.1 Å². The molecule has 1 atom stereocenters. The lowest BCUT2D eigenvalue weighted by molar-refractivity contribution is -0.120.